The Morgan fingerprint density at radius 3 is 2.45 bits per heavy atom. The fraction of sp³-hybridized carbons (Fsp3) is 0.423. The third-order valence-electron chi connectivity index (χ3n) is 8.28. The van der Waals surface area contributed by atoms with E-state index in [2.05, 4.69) is 10.2 Å². The van der Waals surface area contributed by atoms with Crippen LogP contribution in [0.2, 0.25) is 0 Å². The highest BCUT2D eigenvalue weighted by molar-refractivity contribution is 7.14. The molecule has 1 fully saturated rings. The molecular weight excluding hydrogens is 516 g/mol. The largest absolute Gasteiger partial charge is 0.502 e. The zero-order chi connectivity index (χ0) is 27.6. The predicted molar refractivity (Wildman–Crippen MR) is 137 cm³/mol. The number of hydrogen-bond donors (Lipinski definition) is 1. The molecule has 1 amide bonds. The number of carbonyl (C=O) groups excluding carboxylic acids is 2. The summed E-state index contributed by atoms with van der Waals surface area (Å²) in [6, 6.07) is 3.26. The number of halogens is 2. The average Bonchev–Trinajstić information content (AvgIpc) is 3.34. The molecule has 1 aliphatic carbocycles. The highest BCUT2D eigenvalue weighted by atomic mass is 32.1. The third-order valence-corrected chi connectivity index (χ3v) is 9.24. The number of carbonyl (C=O) groups is 2. The quantitative estimate of drug-likeness (QED) is 0.537. The van der Waals surface area contributed by atoms with E-state index in [0.717, 1.165) is 23.5 Å². The monoisotopic (exact) mass is 543 g/mol. The van der Waals surface area contributed by atoms with E-state index in [0.29, 0.717) is 30.7 Å². The van der Waals surface area contributed by atoms with Crippen LogP contribution in [0.4, 0.5) is 8.78 Å². The average molecular weight is 544 g/mol. The molecule has 0 saturated heterocycles. The van der Waals surface area contributed by atoms with E-state index in [9.17, 15) is 28.3 Å². The van der Waals surface area contributed by atoms with Gasteiger partial charge in [-0.2, -0.15) is 0 Å². The van der Waals surface area contributed by atoms with Gasteiger partial charge in [0.2, 0.25) is 5.43 Å². The highest BCUT2D eigenvalue weighted by Crippen LogP contribution is 2.46. The highest BCUT2D eigenvalue weighted by Gasteiger charge is 2.52. The number of fused-ring (bicyclic) bond motifs is 1. The molecule has 1 N–H and O–H groups in total. The van der Waals surface area contributed by atoms with Gasteiger partial charge in [0.05, 0.1) is 5.56 Å². The number of aromatic hydroxyl groups is 1. The lowest BCUT2D eigenvalue weighted by molar-refractivity contribution is -0.129. The Hall–Kier alpha value is -3.67. The molecule has 12 heteroatoms. The third kappa shape index (κ3) is 3.89. The smallest absolute Gasteiger partial charge is 0.278 e. The SMILES string of the molecule is CC(=O)C1(C)CCC2(CC1)N(C)C(=O)c1c(O)c(=O)c(-c3nnc(Cc4ccc(F)cc4F)s3)cn1N2C. The normalized spacial score (nSPS) is 23.2. The minimum Gasteiger partial charge on any atom is -0.502 e. The zero-order valence-corrected chi connectivity index (χ0v) is 22.2. The van der Waals surface area contributed by atoms with E-state index >= 15 is 0 Å². The molecule has 9 nitrogen and oxygen atoms in total. The van der Waals surface area contributed by atoms with Crippen LogP contribution in [-0.4, -0.2) is 56.3 Å². The topological polar surface area (TPSA) is 109 Å². The molecule has 2 aliphatic rings. The van der Waals surface area contributed by atoms with Crippen molar-refractivity contribution in [2.24, 2.45) is 5.41 Å². The van der Waals surface area contributed by atoms with Gasteiger partial charge < -0.3 is 10.0 Å². The van der Waals surface area contributed by atoms with Gasteiger partial charge in [-0.05, 0) is 44.2 Å². The number of amides is 1. The Morgan fingerprint density at radius 1 is 1.13 bits per heavy atom. The molecule has 3 heterocycles. The fourth-order valence-electron chi connectivity index (χ4n) is 5.42. The van der Waals surface area contributed by atoms with Crippen molar-refractivity contribution in [2.75, 3.05) is 19.1 Å². The number of hydrogen-bond acceptors (Lipinski definition) is 8. The van der Waals surface area contributed by atoms with Crippen molar-refractivity contribution < 1.29 is 23.5 Å². The first kappa shape index (κ1) is 26.0. The first-order valence-electron chi connectivity index (χ1n) is 12.2. The Morgan fingerprint density at radius 2 is 1.82 bits per heavy atom. The summed E-state index contributed by atoms with van der Waals surface area (Å²) in [4.78, 5) is 40.4. The number of nitrogens with zero attached hydrogens (tertiary/aromatic N) is 5. The first-order valence-corrected chi connectivity index (χ1v) is 13.0. The van der Waals surface area contributed by atoms with Gasteiger partial charge in [-0.25, -0.2) is 8.78 Å². The summed E-state index contributed by atoms with van der Waals surface area (Å²) in [5.41, 5.74) is -1.90. The maximum atomic E-state index is 14.1. The Balaban J connectivity index is 1.53. The van der Waals surface area contributed by atoms with Gasteiger partial charge in [0.25, 0.3) is 5.91 Å². The second-order valence-corrected chi connectivity index (χ2v) is 11.4. The number of pyridine rings is 1. The summed E-state index contributed by atoms with van der Waals surface area (Å²) in [6.07, 6.45) is 3.72. The summed E-state index contributed by atoms with van der Waals surface area (Å²) in [7, 11) is 3.42. The second-order valence-electron chi connectivity index (χ2n) is 10.3. The van der Waals surface area contributed by atoms with E-state index < -0.39 is 39.8 Å². The molecule has 1 saturated carbocycles. The number of benzene rings is 1. The van der Waals surface area contributed by atoms with Crippen molar-refractivity contribution >= 4 is 23.0 Å². The van der Waals surface area contributed by atoms with Gasteiger partial charge in [0.15, 0.2) is 16.5 Å². The number of aromatic nitrogens is 3. The van der Waals surface area contributed by atoms with Crippen LogP contribution < -0.4 is 10.4 Å². The van der Waals surface area contributed by atoms with E-state index in [1.54, 1.807) is 25.9 Å². The molecule has 200 valence electrons. The summed E-state index contributed by atoms with van der Waals surface area (Å²) < 4.78 is 28.8. The maximum absolute atomic E-state index is 14.1. The van der Waals surface area contributed by atoms with Crippen LogP contribution in [-0.2, 0) is 11.2 Å². The molecule has 38 heavy (non-hydrogen) atoms. The zero-order valence-electron chi connectivity index (χ0n) is 21.4. The van der Waals surface area contributed by atoms with Gasteiger partial charge in [-0.3, -0.25) is 24.1 Å². The molecule has 1 aliphatic heterocycles. The Labute approximate surface area is 221 Å². The van der Waals surface area contributed by atoms with Crippen LogP contribution in [0.25, 0.3) is 10.6 Å². The van der Waals surface area contributed by atoms with Crippen LogP contribution in [0.5, 0.6) is 5.75 Å². The summed E-state index contributed by atoms with van der Waals surface area (Å²) in [5, 5.41) is 21.4. The van der Waals surface area contributed by atoms with E-state index in [1.807, 2.05) is 11.9 Å². The van der Waals surface area contributed by atoms with Crippen LogP contribution in [0, 0.1) is 17.0 Å². The summed E-state index contributed by atoms with van der Waals surface area (Å²) >= 11 is 1.04. The molecule has 1 aromatic carbocycles. The van der Waals surface area contributed by atoms with Gasteiger partial charge in [-0.1, -0.05) is 24.3 Å². The lowest BCUT2D eigenvalue weighted by Gasteiger charge is -2.57. The molecule has 0 unspecified atom stereocenters. The molecule has 0 bridgehead atoms. The van der Waals surface area contributed by atoms with Crippen molar-refractivity contribution in [3.63, 3.8) is 0 Å². The molecule has 3 aromatic rings. The van der Waals surface area contributed by atoms with Crippen molar-refractivity contribution in [3.05, 3.63) is 62.5 Å². The van der Waals surface area contributed by atoms with Gasteiger partial charge in [0.1, 0.15) is 28.1 Å². The fourth-order valence-corrected chi connectivity index (χ4v) is 6.29. The molecule has 0 atom stereocenters. The minimum atomic E-state index is -0.772. The van der Waals surface area contributed by atoms with E-state index in [-0.39, 0.29) is 34.0 Å². The summed E-state index contributed by atoms with van der Waals surface area (Å²) in [6.45, 7) is 3.52. The Kier molecular flexibility index (Phi) is 6.13. The van der Waals surface area contributed by atoms with Crippen molar-refractivity contribution in [2.45, 2.75) is 51.6 Å². The molecule has 1 spiro atoms. The van der Waals surface area contributed by atoms with Crippen molar-refractivity contribution in [1.29, 1.82) is 0 Å². The van der Waals surface area contributed by atoms with Crippen molar-refractivity contribution in [1.82, 2.24) is 19.8 Å². The first-order chi connectivity index (χ1) is 17.9. The van der Waals surface area contributed by atoms with Crippen LogP contribution in [0.3, 0.4) is 0 Å². The van der Waals surface area contributed by atoms with Crippen molar-refractivity contribution in [3.8, 4) is 16.3 Å². The molecule has 0 radical (unpaired) electrons. The molecule has 2 aromatic heterocycles. The van der Waals surface area contributed by atoms with E-state index in [1.165, 1.54) is 16.9 Å². The van der Waals surface area contributed by atoms with Crippen LogP contribution >= 0.6 is 11.3 Å². The second kappa shape index (κ2) is 8.97. The molecular formula is C26H27F2N5O4S. The predicted octanol–water partition coefficient (Wildman–Crippen LogP) is 3.46. The van der Waals surface area contributed by atoms with Crippen LogP contribution in [0.1, 0.15) is 60.6 Å². The van der Waals surface area contributed by atoms with Gasteiger partial charge in [0, 0.05) is 38.2 Å². The maximum Gasteiger partial charge on any atom is 0.278 e. The van der Waals surface area contributed by atoms with E-state index in [4.69, 9.17) is 0 Å². The lowest BCUT2D eigenvalue weighted by atomic mass is 9.68. The standard InChI is InChI=1S/C26H27F2N5O4S/c1-14(34)25(2)7-9-26(10-8-25)31(3)24(37)20-22(36)21(35)17(13-33(20)32(26)4)23-30-29-19(38-23)11-15-5-6-16(27)12-18(15)28/h5-6,12-13,36H,7-11H2,1-4H3. The number of ketones is 1. The summed E-state index contributed by atoms with van der Waals surface area (Å²) in [5.74, 6) is -2.49. The Bertz CT molecular complexity index is 1530. The lowest BCUT2D eigenvalue weighted by Crippen LogP contribution is -2.69. The van der Waals surface area contributed by atoms with Gasteiger partial charge >= 0.3 is 0 Å². The van der Waals surface area contributed by atoms with Crippen LogP contribution in [0.15, 0.2) is 29.2 Å². The number of rotatable bonds is 4. The molecule has 5 rings (SSSR count). The van der Waals surface area contributed by atoms with Gasteiger partial charge in [-0.15, -0.1) is 10.2 Å². The minimum absolute atomic E-state index is 0.0401. The number of Topliss-reactive ketones (excluding diaryl/α,β-unsaturated/α-hetero) is 1.